The lowest BCUT2D eigenvalue weighted by Gasteiger charge is -2.34. The van der Waals surface area contributed by atoms with Crippen molar-refractivity contribution in [2.75, 3.05) is 33.4 Å². The zero-order valence-electron chi connectivity index (χ0n) is 12.5. The van der Waals surface area contributed by atoms with Crippen molar-refractivity contribution in [2.45, 2.75) is 25.5 Å². The third kappa shape index (κ3) is 3.04. The van der Waals surface area contributed by atoms with Gasteiger partial charge in [-0.05, 0) is 18.6 Å². The molecule has 0 amide bonds. The molecule has 5 nitrogen and oxygen atoms in total. The van der Waals surface area contributed by atoms with Gasteiger partial charge in [-0.1, -0.05) is 17.7 Å². The molecule has 5 heteroatoms. The first kappa shape index (κ1) is 14.4. The molecule has 21 heavy (non-hydrogen) atoms. The van der Waals surface area contributed by atoms with Gasteiger partial charge in [0.15, 0.2) is 0 Å². The van der Waals surface area contributed by atoms with Crippen molar-refractivity contribution in [2.24, 2.45) is 0 Å². The fourth-order valence-corrected chi connectivity index (χ4v) is 3.02. The van der Waals surface area contributed by atoms with Crippen LogP contribution in [0.2, 0.25) is 0 Å². The quantitative estimate of drug-likeness (QED) is 0.783. The Labute approximate surface area is 124 Å². The van der Waals surface area contributed by atoms with E-state index in [0.717, 1.165) is 25.3 Å². The first-order chi connectivity index (χ1) is 10.2. The second-order valence-corrected chi connectivity index (χ2v) is 5.66. The lowest BCUT2D eigenvalue weighted by Crippen LogP contribution is -2.53. The predicted octanol–water partition coefficient (Wildman–Crippen LogP) is 1.17. The largest absolute Gasteiger partial charge is 0.488 e. The molecule has 0 N–H and O–H groups in total. The summed E-state index contributed by atoms with van der Waals surface area (Å²) in [4.78, 5) is 13.9. The summed E-state index contributed by atoms with van der Waals surface area (Å²) < 4.78 is 16.2. The third-order valence-electron chi connectivity index (χ3n) is 4.11. The van der Waals surface area contributed by atoms with Gasteiger partial charge in [0.25, 0.3) is 0 Å². The molecule has 0 aromatic heterocycles. The van der Waals surface area contributed by atoms with E-state index in [0.29, 0.717) is 13.2 Å². The first-order valence-corrected chi connectivity index (χ1v) is 7.33. The number of nitrogens with zero attached hydrogens (tertiary/aromatic N) is 1. The van der Waals surface area contributed by atoms with Crippen molar-refractivity contribution in [1.82, 2.24) is 4.90 Å². The lowest BCUT2D eigenvalue weighted by atomic mass is 10.1. The van der Waals surface area contributed by atoms with E-state index in [1.165, 1.54) is 18.2 Å². The van der Waals surface area contributed by atoms with Crippen LogP contribution in [0.4, 0.5) is 0 Å². The Morgan fingerprint density at radius 2 is 2.33 bits per heavy atom. The molecule has 0 bridgehead atoms. The molecule has 1 fully saturated rings. The van der Waals surface area contributed by atoms with Crippen molar-refractivity contribution >= 4 is 5.97 Å². The molecular formula is C16H21NO4. The molecule has 1 saturated heterocycles. The molecule has 2 aliphatic heterocycles. The maximum atomic E-state index is 11.8. The second-order valence-electron chi connectivity index (χ2n) is 5.66. The monoisotopic (exact) mass is 291 g/mol. The molecule has 114 valence electrons. The maximum absolute atomic E-state index is 11.8. The average Bonchev–Trinajstić information content (AvgIpc) is 2.88. The molecule has 0 aliphatic carbocycles. The highest BCUT2D eigenvalue weighted by molar-refractivity contribution is 5.75. The molecule has 2 heterocycles. The van der Waals surface area contributed by atoms with Crippen LogP contribution >= 0.6 is 0 Å². The lowest BCUT2D eigenvalue weighted by molar-refractivity contribution is -0.153. The highest BCUT2D eigenvalue weighted by Gasteiger charge is 2.34. The smallest absolute Gasteiger partial charge is 0.325 e. The summed E-state index contributed by atoms with van der Waals surface area (Å²) in [6, 6.07) is 5.94. The molecule has 2 unspecified atom stereocenters. The number of carbonyl (C=O) groups excluding carboxylic acids is 1. The summed E-state index contributed by atoms with van der Waals surface area (Å²) in [6.45, 7) is 4.58. The van der Waals surface area contributed by atoms with Gasteiger partial charge in [-0.25, -0.2) is 0 Å². The Bertz CT molecular complexity index is 531. The number of benzene rings is 1. The molecule has 0 saturated carbocycles. The fourth-order valence-electron chi connectivity index (χ4n) is 3.02. The standard InChI is InChI=1S/C16H21NO4/c1-11-3-4-15-12(7-11)8-13(21-15)9-17-5-6-20-10-14(17)16(18)19-2/h3-4,7,13-14H,5-6,8-10H2,1-2H3. The average molecular weight is 291 g/mol. The minimum Gasteiger partial charge on any atom is -0.488 e. The number of rotatable bonds is 3. The number of ether oxygens (including phenoxy) is 3. The van der Waals surface area contributed by atoms with Crippen LogP contribution in [0.1, 0.15) is 11.1 Å². The fraction of sp³-hybridized carbons (Fsp3) is 0.562. The summed E-state index contributed by atoms with van der Waals surface area (Å²) in [5.74, 6) is 0.731. The van der Waals surface area contributed by atoms with Gasteiger partial charge >= 0.3 is 5.97 Å². The van der Waals surface area contributed by atoms with Gasteiger partial charge in [-0.2, -0.15) is 0 Å². The maximum Gasteiger partial charge on any atom is 0.325 e. The van der Waals surface area contributed by atoms with Gasteiger partial charge < -0.3 is 14.2 Å². The minimum absolute atomic E-state index is 0.0899. The second kappa shape index (κ2) is 6.03. The normalized spacial score (nSPS) is 25.2. The predicted molar refractivity (Wildman–Crippen MR) is 77.5 cm³/mol. The summed E-state index contributed by atoms with van der Waals surface area (Å²) in [5.41, 5.74) is 2.50. The van der Waals surface area contributed by atoms with E-state index in [4.69, 9.17) is 14.2 Å². The minimum atomic E-state index is -0.321. The van der Waals surface area contributed by atoms with Crippen LogP contribution in [0.5, 0.6) is 5.75 Å². The van der Waals surface area contributed by atoms with Gasteiger partial charge in [0, 0.05) is 19.5 Å². The van der Waals surface area contributed by atoms with Gasteiger partial charge in [0.2, 0.25) is 0 Å². The van der Waals surface area contributed by atoms with E-state index in [2.05, 4.69) is 24.0 Å². The Morgan fingerprint density at radius 1 is 1.48 bits per heavy atom. The van der Waals surface area contributed by atoms with E-state index >= 15 is 0 Å². The summed E-state index contributed by atoms with van der Waals surface area (Å²) in [6.07, 6.45) is 0.981. The van der Waals surface area contributed by atoms with Crippen molar-refractivity contribution in [1.29, 1.82) is 0 Å². The Morgan fingerprint density at radius 3 is 3.14 bits per heavy atom. The summed E-state index contributed by atoms with van der Waals surface area (Å²) in [7, 11) is 1.42. The van der Waals surface area contributed by atoms with Gasteiger partial charge in [-0.15, -0.1) is 0 Å². The van der Waals surface area contributed by atoms with Gasteiger partial charge in [0.1, 0.15) is 17.9 Å². The van der Waals surface area contributed by atoms with E-state index in [1.807, 2.05) is 6.07 Å². The van der Waals surface area contributed by atoms with Gasteiger partial charge in [-0.3, -0.25) is 9.69 Å². The van der Waals surface area contributed by atoms with Crippen LogP contribution in [0.3, 0.4) is 0 Å². The SMILES string of the molecule is COC(=O)C1COCCN1CC1Cc2cc(C)ccc2O1. The third-order valence-corrected chi connectivity index (χ3v) is 4.11. The Kier molecular flexibility index (Phi) is 4.12. The van der Waals surface area contributed by atoms with E-state index in [-0.39, 0.29) is 18.1 Å². The molecule has 3 rings (SSSR count). The number of esters is 1. The van der Waals surface area contributed by atoms with Crippen molar-refractivity contribution in [3.63, 3.8) is 0 Å². The highest BCUT2D eigenvalue weighted by atomic mass is 16.5. The van der Waals surface area contributed by atoms with Crippen LogP contribution in [-0.2, 0) is 20.7 Å². The molecule has 1 aromatic rings. The van der Waals surface area contributed by atoms with Crippen molar-refractivity contribution in [3.8, 4) is 5.75 Å². The number of carbonyl (C=O) groups is 1. The molecule has 1 aromatic carbocycles. The van der Waals surface area contributed by atoms with Crippen LogP contribution in [-0.4, -0.2) is 56.4 Å². The van der Waals surface area contributed by atoms with Crippen molar-refractivity contribution in [3.05, 3.63) is 29.3 Å². The molecule has 0 spiro atoms. The number of fused-ring (bicyclic) bond motifs is 1. The van der Waals surface area contributed by atoms with Crippen LogP contribution in [0.15, 0.2) is 18.2 Å². The van der Waals surface area contributed by atoms with Crippen LogP contribution < -0.4 is 4.74 Å². The van der Waals surface area contributed by atoms with E-state index in [1.54, 1.807) is 0 Å². The van der Waals surface area contributed by atoms with Gasteiger partial charge in [0.05, 0.1) is 20.3 Å². The van der Waals surface area contributed by atoms with E-state index in [9.17, 15) is 4.79 Å². The molecule has 2 atom stereocenters. The molecule has 0 radical (unpaired) electrons. The molecule has 2 aliphatic rings. The topological polar surface area (TPSA) is 48.0 Å². The zero-order chi connectivity index (χ0) is 14.8. The summed E-state index contributed by atoms with van der Waals surface area (Å²) >= 11 is 0. The first-order valence-electron chi connectivity index (χ1n) is 7.33. The van der Waals surface area contributed by atoms with Crippen molar-refractivity contribution < 1.29 is 19.0 Å². The Hall–Kier alpha value is -1.59. The highest BCUT2D eigenvalue weighted by Crippen LogP contribution is 2.30. The number of hydrogen-bond donors (Lipinski definition) is 0. The van der Waals surface area contributed by atoms with Crippen LogP contribution in [0, 0.1) is 6.92 Å². The zero-order valence-corrected chi connectivity index (χ0v) is 12.5. The number of hydrogen-bond acceptors (Lipinski definition) is 5. The number of methoxy groups -OCH3 is 1. The Balaban J connectivity index is 1.65. The van der Waals surface area contributed by atoms with Crippen LogP contribution in [0.25, 0.3) is 0 Å². The van der Waals surface area contributed by atoms with E-state index < -0.39 is 0 Å². The summed E-state index contributed by atoms with van der Waals surface area (Å²) in [5, 5.41) is 0. The number of aryl methyl sites for hydroxylation is 1. The number of morpholine rings is 1. The molecular weight excluding hydrogens is 270 g/mol.